The Morgan fingerprint density at radius 2 is 1.33 bits per heavy atom. The summed E-state index contributed by atoms with van der Waals surface area (Å²) in [5.41, 5.74) is 1.02. The number of halogens is 3. The number of hydrogen-bond acceptors (Lipinski definition) is 4. The molecule has 3 rings (SSSR count). The van der Waals surface area contributed by atoms with Gasteiger partial charge in [-0.05, 0) is 67.1 Å². The average molecular weight is 499 g/mol. The van der Waals surface area contributed by atoms with E-state index in [0.717, 1.165) is 18.6 Å². The minimum Gasteiger partial charge on any atom is -0.376 e. The molecule has 0 aliphatic carbocycles. The standard InChI is InChI=1S/C26H25F3N4O3/c1-2-5-23(34)31-19-10-12-20(13-11-19)32-24(35)16-30-21-8-3-6-17(14-21)25(36)33-22-9-4-7-18(15-22)26(27,28)29/h3-4,6-15,30H,2,5,16H2,1H3,(H,31,34)(H,32,35)(H,33,36). The molecule has 3 amide bonds. The first-order chi connectivity index (χ1) is 17.1. The van der Waals surface area contributed by atoms with Crippen molar-refractivity contribution in [2.24, 2.45) is 0 Å². The zero-order valence-corrected chi connectivity index (χ0v) is 19.4. The SMILES string of the molecule is CCCC(=O)Nc1ccc(NC(=O)CNc2cccc(C(=O)Nc3cccc(C(F)(F)F)c3)c2)cc1. The number of hydrogen-bond donors (Lipinski definition) is 4. The zero-order chi connectivity index (χ0) is 26.1. The molecule has 0 bridgehead atoms. The normalized spacial score (nSPS) is 10.9. The topological polar surface area (TPSA) is 99.3 Å². The van der Waals surface area contributed by atoms with Crippen LogP contribution in [-0.4, -0.2) is 24.3 Å². The van der Waals surface area contributed by atoms with Gasteiger partial charge in [0.25, 0.3) is 5.91 Å². The van der Waals surface area contributed by atoms with Crippen molar-refractivity contribution in [2.45, 2.75) is 25.9 Å². The first-order valence-electron chi connectivity index (χ1n) is 11.2. The minimum absolute atomic E-state index is 0.0171. The van der Waals surface area contributed by atoms with Gasteiger partial charge < -0.3 is 21.3 Å². The Bertz CT molecular complexity index is 1230. The number of benzene rings is 3. The first-order valence-corrected chi connectivity index (χ1v) is 11.2. The lowest BCUT2D eigenvalue weighted by molar-refractivity contribution is -0.137. The fourth-order valence-corrected chi connectivity index (χ4v) is 3.22. The van der Waals surface area contributed by atoms with Gasteiger partial charge in [-0.15, -0.1) is 0 Å². The molecule has 0 aromatic heterocycles. The molecule has 0 saturated carbocycles. The highest BCUT2D eigenvalue weighted by Crippen LogP contribution is 2.30. The number of alkyl halides is 3. The van der Waals surface area contributed by atoms with Crippen LogP contribution < -0.4 is 21.3 Å². The van der Waals surface area contributed by atoms with Crippen molar-refractivity contribution in [1.82, 2.24) is 0 Å². The molecule has 0 radical (unpaired) electrons. The molecule has 3 aromatic carbocycles. The predicted molar refractivity (Wildman–Crippen MR) is 133 cm³/mol. The highest BCUT2D eigenvalue weighted by atomic mass is 19.4. The van der Waals surface area contributed by atoms with E-state index in [9.17, 15) is 27.6 Å². The third-order valence-corrected chi connectivity index (χ3v) is 4.96. The molecule has 3 aromatic rings. The molecular formula is C26H25F3N4O3. The molecule has 0 unspecified atom stereocenters. The number of carbonyl (C=O) groups is 3. The summed E-state index contributed by atoms with van der Waals surface area (Å²) < 4.78 is 38.7. The fourth-order valence-electron chi connectivity index (χ4n) is 3.22. The van der Waals surface area contributed by atoms with Crippen LogP contribution in [0.1, 0.15) is 35.7 Å². The summed E-state index contributed by atoms with van der Waals surface area (Å²) in [4.78, 5) is 36.5. The third-order valence-electron chi connectivity index (χ3n) is 4.96. The summed E-state index contributed by atoms with van der Waals surface area (Å²) in [6.07, 6.45) is -3.34. The summed E-state index contributed by atoms with van der Waals surface area (Å²) in [5, 5.41) is 10.8. The predicted octanol–water partition coefficient (Wildman–Crippen LogP) is 5.75. The van der Waals surface area contributed by atoms with E-state index in [1.54, 1.807) is 36.4 Å². The molecule has 0 heterocycles. The monoisotopic (exact) mass is 498 g/mol. The molecule has 0 spiro atoms. The minimum atomic E-state index is -4.52. The van der Waals surface area contributed by atoms with Crippen molar-refractivity contribution in [2.75, 3.05) is 27.8 Å². The van der Waals surface area contributed by atoms with Crippen LogP contribution in [0.5, 0.6) is 0 Å². The lowest BCUT2D eigenvalue weighted by atomic mass is 10.1. The van der Waals surface area contributed by atoms with Gasteiger partial charge in [-0.2, -0.15) is 13.2 Å². The highest BCUT2D eigenvalue weighted by molar-refractivity contribution is 6.05. The maximum Gasteiger partial charge on any atom is 0.416 e. The molecule has 0 atom stereocenters. The van der Waals surface area contributed by atoms with E-state index in [-0.39, 0.29) is 29.6 Å². The van der Waals surface area contributed by atoms with Gasteiger partial charge in [0, 0.05) is 34.7 Å². The van der Waals surface area contributed by atoms with Crippen LogP contribution in [0.2, 0.25) is 0 Å². The fraction of sp³-hybridized carbons (Fsp3) is 0.192. The first kappa shape index (κ1) is 26.3. The maximum absolute atomic E-state index is 12.9. The summed E-state index contributed by atoms with van der Waals surface area (Å²) in [7, 11) is 0. The van der Waals surface area contributed by atoms with Crippen LogP contribution in [-0.2, 0) is 15.8 Å². The van der Waals surface area contributed by atoms with Gasteiger partial charge in [0.05, 0.1) is 12.1 Å². The van der Waals surface area contributed by atoms with Crippen LogP contribution in [0.25, 0.3) is 0 Å². The van der Waals surface area contributed by atoms with E-state index in [4.69, 9.17) is 0 Å². The Hall–Kier alpha value is -4.34. The Balaban J connectivity index is 1.53. The van der Waals surface area contributed by atoms with Gasteiger partial charge in [-0.3, -0.25) is 14.4 Å². The van der Waals surface area contributed by atoms with E-state index in [1.807, 2.05) is 6.92 Å². The van der Waals surface area contributed by atoms with Gasteiger partial charge in [0.1, 0.15) is 0 Å². The van der Waals surface area contributed by atoms with Crippen molar-refractivity contribution < 1.29 is 27.6 Å². The van der Waals surface area contributed by atoms with Crippen LogP contribution in [0, 0.1) is 0 Å². The van der Waals surface area contributed by atoms with Crippen LogP contribution in [0.15, 0.2) is 72.8 Å². The molecule has 7 nitrogen and oxygen atoms in total. The second kappa shape index (κ2) is 11.9. The number of amides is 3. The van der Waals surface area contributed by atoms with Gasteiger partial charge >= 0.3 is 6.18 Å². The van der Waals surface area contributed by atoms with Crippen LogP contribution in [0.3, 0.4) is 0 Å². The lowest BCUT2D eigenvalue weighted by Crippen LogP contribution is -2.22. The third kappa shape index (κ3) is 7.86. The Labute approximate surface area is 206 Å². The Morgan fingerprint density at radius 3 is 1.97 bits per heavy atom. The number of nitrogens with one attached hydrogen (secondary N) is 4. The van der Waals surface area contributed by atoms with E-state index >= 15 is 0 Å². The summed E-state index contributed by atoms with van der Waals surface area (Å²) >= 11 is 0. The molecule has 0 aliphatic rings. The van der Waals surface area contributed by atoms with Gasteiger partial charge in [0.2, 0.25) is 11.8 Å². The zero-order valence-electron chi connectivity index (χ0n) is 19.4. The van der Waals surface area contributed by atoms with E-state index in [1.165, 1.54) is 24.3 Å². The quantitative estimate of drug-likeness (QED) is 0.302. The smallest absolute Gasteiger partial charge is 0.376 e. The Morgan fingerprint density at radius 1 is 0.722 bits per heavy atom. The van der Waals surface area contributed by atoms with Gasteiger partial charge in [0.15, 0.2) is 0 Å². The molecular weight excluding hydrogens is 473 g/mol. The number of carbonyl (C=O) groups excluding carboxylic acids is 3. The van der Waals surface area contributed by atoms with Crippen molar-refractivity contribution >= 4 is 40.5 Å². The molecule has 0 fully saturated rings. The van der Waals surface area contributed by atoms with Crippen molar-refractivity contribution in [1.29, 1.82) is 0 Å². The molecule has 188 valence electrons. The maximum atomic E-state index is 12.9. The second-order valence-corrected chi connectivity index (χ2v) is 7.89. The van der Waals surface area contributed by atoms with Crippen molar-refractivity contribution in [3.63, 3.8) is 0 Å². The van der Waals surface area contributed by atoms with Crippen molar-refractivity contribution in [3.8, 4) is 0 Å². The molecule has 36 heavy (non-hydrogen) atoms. The largest absolute Gasteiger partial charge is 0.416 e. The van der Waals surface area contributed by atoms with Gasteiger partial charge in [-0.25, -0.2) is 0 Å². The van der Waals surface area contributed by atoms with Crippen molar-refractivity contribution in [3.05, 3.63) is 83.9 Å². The Kier molecular flexibility index (Phi) is 8.66. The van der Waals surface area contributed by atoms with Gasteiger partial charge in [-0.1, -0.05) is 19.1 Å². The summed E-state index contributed by atoms with van der Waals surface area (Å²) in [5.74, 6) is -1.01. The average Bonchev–Trinajstić information content (AvgIpc) is 2.84. The summed E-state index contributed by atoms with van der Waals surface area (Å²) in [6.45, 7) is 1.83. The second-order valence-electron chi connectivity index (χ2n) is 7.89. The number of anilines is 4. The lowest BCUT2D eigenvalue weighted by Gasteiger charge is -2.11. The van der Waals surface area contributed by atoms with E-state index in [0.29, 0.717) is 23.5 Å². The highest BCUT2D eigenvalue weighted by Gasteiger charge is 2.30. The summed E-state index contributed by atoms with van der Waals surface area (Å²) in [6, 6.07) is 17.3. The molecule has 0 aliphatic heterocycles. The molecule has 0 saturated heterocycles. The molecule has 4 N–H and O–H groups in total. The number of rotatable bonds is 9. The van der Waals surface area contributed by atoms with E-state index in [2.05, 4.69) is 21.3 Å². The van der Waals surface area contributed by atoms with Crippen LogP contribution >= 0.6 is 0 Å². The van der Waals surface area contributed by atoms with E-state index < -0.39 is 17.6 Å². The van der Waals surface area contributed by atoms with Crippen LogP contribution in [0.4, 0.5) is 35.9 Å². The molecule has 10 heteroatoms.